The first-order valence-electron chi connectivity index (χ1n) is 5.54. The number of likely N-dealkylation sites (tertiary alicyclic amines) is 1. The molecule has 94 valence electrons. The lowest BCUT2D eigenvalue weighted by molar-refractivity contribution is -0.145. The minimum Gasteiger partial charge on any atom is -0.388 e. The average molecular weight is 256 g/mol. The van der Waals surface area contributed by atoms with E-state index in [0.717, 1.165) is 4.88 Å². The molecule has 2 heterocycles. The molecule has 1 amide bonds. The maximum absolute atomic E-state index is 11.9. The van der Waals surface area contributed by atoms with Crippen molar-refractivity contribution < 1.29 is 15.0 Å². The Kier molecular flexibility index (Phi) is 3.46. The van der Waals surface area contributed by atoms with Gasteiger partial charge in [-0.1, -0.05) is 0 Å². The molecule has 1 aliphatic rings. The fourth-order valence-corrected chi connectivity index (χ4v) is 2.43. The third kappa shape index (κ3) is 2.83. The molecule has 1 aromatic heterocycles. The van der Waals surface area contributed by atoms with Gasteiger partial charge in [0.05, 0.1) is 23.6 Å². The normalized spacial score (nSPS) is 29.4. The zero-order chi connectivity index (χ0) is 12.5. The Labute approximate surface area is 104 Å². The molecule has 2 rings (SSSR count). The zero-order valence-corrected chi connectivity index (χ0v) is 10.5. The summed E-state index contributed by atoms with van der Waals surface area (Å²) >= 11 is 1.45. The van der Waals surface area contributed by atoms with Crippen LogP contribution in [0.5, 0.6) is 0 Å². The number of aliphatic hydroxyl groups is 2. The lowest BCUT2D eigenvalue weighted by Crippen LogP contribution is -2.55. The summed E-state index contributed by atoms with van der Waals surface area (Å²) in [6.07, 6.45) is 1.53. The van der Waals surface area contributed by atoms with Crippen molar-refractivity contribution >= 4 is 17.2 Å². The summed E-state index contributed by atoms with van der Waals surface area (Å²) < 4.78 is 0. The topological polar surface area (TPSA) is 73.7 Å². The predicted molar refractivity (Wildman–Crippen MR) is 63.6 cm³/mol. The third-order valence-corrected chi connectivity index (χ3v) is 3.94. The lowest BCUT2D eigenvalue weighted by atomic mass is 9.90. The lowest BCUT2D eigenvalue weighted by Gasteiger charge is -2.39. The number of hydrogen-bond acceptors (Lipinski definition) is 5. The van der Waals surface area contributed by atoms with Crippen LogP contribution < -0.4 is 0 Å². The summed E-state index contributed by atoms with van der Waals surface area (Å²) in [5.74, 6) is -0.0243. The Hall–Kier alpha value is -0.980. The number of piperidine rings is 1. The van der Waals surface area contributed by atoms with Crippen molar-refractivity contribution in [1.82, 2.24) is 9.88 Å². The summed E-state index contributed by atoms with van der Waals surface area (Å²) in [4.78, 5) is 18.4. The largest absolute Gasteiger partial charge is 0.388 e. The van der Waals surface area contributed by atoms with Gasteiger partial charge < -0.3 is 15.1 Å². The number of β-amino-alcohol motifs (C(OH)–C–C–N with tert-alkyl or cyclic N) is 1. The van der Waals surface area contributed by atoms with Crippen LogP contribution in [0.15, 0.2) is 11.7 Å². The van der Waals surface area contributed by atoms with Gasteiger partial charge in [0.15, 0.2) is 0 Å². The smallest absolute Gasteiger partial charge is 0.227 e. The Balaban J connectivity index is 1.93. The van der Waals surface area contributed by atoms with E-state index in [4.69, 9.17) is 0 Å². The minimum atomic E-state index is -1.08. The van der Waals surface area contributed by atoms with Crippen molar-refractivity contribution in [2.45, 2.75) is 31.5 Å². The van der Waals surface area contributed by atoms with Crippen LogP contribution in [-0.4, -0.2) is 50.8 Å². The number of carbonyl (C=O) groups excluding carboxylic acids is 1. The molecular formula is C11H16N2O3S. The molecule has 0 aromatic carbocycles. The Bertz CT molecular complexity index is 391. The highest BCUT2D eigenvalue weighted by Crippen LogP contribution is 2.22. The number of nitrogens with zero attached hydrogens (tertiary/aromatic N) is 2. The molecule has 2 N–H and O–H groups in total. The summed E-state index contributed by atoms with van der Waals surface area (Å²) in [5, 5.41) is 19.5. The monoisotopic (exact) mass is 256 g/mol. The van der Waals surface area contributed by atoms with Crippen molar-refractivity contribution in [2.24, 2.45) is 0 Å². The average Bonchev–Trinajstić information content (AvgIpc) is 2.74. The molecule has 17 heavy (non-hydrogen) atoms. The first-order valence-corrected chi connectivity index (χ1v) is 6.42. The highest BCUT2D eigenvalue weighted by molar-refractivity contribution is 7.09. The Morgan fingerprint density at radius 1 is 1.76 bits per heavy atom. The number of aliphatic hydroxyl groups excluding tert-OH is 1. The van der Waals surface area contributed by atoms with Gasteiger partial charge in [-0.25, -0.2) is 0 Å². The van der Waals surface area contributed by atoms with Gasteiger partial charge in [0.1, 0.15) is 0 Å². The first-order chi connectivity index (χ1) is 7.99. The van der Waals surface area contributed by atoms with Crippen molar-refractivity contribution in [3.63, 3.8) is 0 Å². The zero-order valence-electron chi connectivity index (χ0n) is 9.67. The predicted octanol–water partition coefficient (Wildman–Crippen LogP) is 0.0298. The van der Waals surface area contributed by atoms with Crippen molar-refractivity contribution in [2.75, 3.05) is 13.1 Å². The molecular weight excluding hydrogens is 240 g/mol. The van der Waals surface area contributed by atoms with Crippen molar-refractivity contribution in [3.05, 3.63) is 16.6 Å². The fraction of sp³-hybridized carbons (Fsp3) is 0.636. The van der Waals surface area contributed by atoms with Gasteiger partial charge >= 0.3 is 0 Å². The molecule has 0 bridgehead atoms. The molecule has 1 aliphatic heterocycles. The van der Waals surface area contributed by atoms with Crippen LogP contribution in [-0.2, 0) is 11.2 Å². The van der Waals surface area contributed by atoms with E-state index in [-0.39, 0.29) is 12.5 Å². The number of rotatable bonds is 2. The van der Waals surface area contributed by atoms with E-state index in [0.29, 0.717) is 19.4 Å². The molecule has 2 atom stereocenters. The van der Waals surface area contributed by atoms with Gasteiger partial charge in [-0.2, -0.15) is 0 Å². The van der Waals surface area contributed by atoms with E-state index >= 15 is 0 Å². The SMILES string of the molecule is C[C@@]1(O)CCN(C(=O)Cc2cncs2)C[C@H]1O. The van der Waals surface area contributed by atoms with Crippen LogP contribution >= 0.6 is 11.3 Å². The van der Waals surface area contributed by atoms with E-state index in [2.05, 4.69) is 4.98 Å². The molecule has 1 saturated heterocycles. The van der Waals surface area contributed by atoms with Crippen LogP contribution in [0.4, 0.5) is 0 Å². The van der Waals surface area contributed by atoms with E-state index < -0.39 is 11.7 Å². The summed E-state index contributed by atoms with van der Waals surface area (Å²) in [6, 6.07) is 0. The Morgan fingerprint density at radius 2 is 2.53 bits per heavy atom. The van der Waals surface area contributed by atoms with Gasteiger partial charge in [0, 0.05) is 24.2 Å². The molecule has 1 fully saturated rings. The highest BCUT2D eigenvalue weighted by Gasteiger charge is 2.37. The maximum atomic E-state index is 11.9. The summed E-state index contributed by atoms with van der Waals surface area (Å²) in [7, 11) is 0. The van der Waals surface area contributed by atoms with Crippen LogP contribution in [0.1, 0.15) is 18.2 Å². The number of thiazole rings is 1. The van der Waals surface area contributed by atoms with Gasteiger partial charge in [-0.3, -0.25) is 9.78 Å². The minimum absolute atomic E-state index is 0.0243. The third-order valence-electron chi connectivity index (χ3n) is 3.16. The van der Waals surface area contributed by atoms with Crippen LogP contribution in [0.25, 0.3) is 0 Å². The van der Waals surface area contributed by atoms with Crippen LogP contribution in [0, 0.1) is 0 Å². The number of hydrogen-bond donors (Lipinski definition) is 2. The van der Waals surface area contributed by atoms with Crippen molar-refractivity contribution in [1.29, 1.82) is 0 Å². The van der Waals surface area contributed by atoms with Gasteiger partial charge in [-0.15, -0.1) is 11.3 Å². The van der Waals surface area contributed by atoms with E-state index in [9.17, 15) is 15.0 Å². The quantitative estimate of drug-likeness (QED) is 0.783. The molecule has 0 saturated carbocycles. The molecule has 0 unspecified atom stereocenters. The number of aromatic nitrogens is 1. The van der Waals surface area contributed by atoms with E-state index in [1.165, 1.54) is 11.3 Å². The number of amides is 1. The second-order valence-electron chi connectivity index (χ2n) is 4.61. The fourth-order valence-electron chi connectivity index (χ4n) is 1.84. The molecule has 0 spiro atoms. The molecule has 0 radical (unpaired) electrons. The van der Waals surface area contributed by atoms with Crippen LogP contribution in [0.2, 0.25) is 0 Å². The summed E-state index contributed by atoms with van der Waals surface area (Å²) in [6.45, 7) is 2.29. The van der Waals surface area contributed by atoms with Crippen LogP contribution in [0.3, 0.4) is 0 Å². The van der Waals surface area contributed by atoms with Crippen molar-refractivity contribution in [3.8, 4) is 0 Å². The standard InChI is InChI=1S/C11H16N2O3S/c1-11(16)2-3-13(6-9(11)14)10(15)4-8-5-12-7-17-8/h5,7,9,14,16H,2-4,6H2,1H3/t9-,11-/m1/s1. The molecule has 1 aromatic rings. The van der Waals surface area contributed by atoms with Gasteiger partial charge in [-0.05, 0) is 13.3 Å². The maximum Gasteiger partial charge on any atom is 0.227 e. The molecule has 5 nitrogen and oxygen atoms in total. The second kappa shape index (κ2) is 4.72. The number of carbonyl (C=O) groups is 1. The van der Waals surface area contributed by atoms with Gasteiger partial charge in [0.2, 0.25) is 5.91 Å². The first kappa shape index (κ1) is 12.5. The Morgan fingerprint density at radius 3 is 3.12 bits per heavy atom. The summed E-state index contributed by atoms with van der Waals surface area (Å²) in [5.41, 5.74) is 0.611. The second-order valence-corrected chi connectivity index (χ2v) is 5.58. The highest BCUT2D eigenvalue weighted by atomic mass is 32.1. The molecule has 6 heteroatoms. The molecule has 0 aliphatic carbocycles. The van der Waals surface area contributed by atoms with Gasteiger partial charge in [0.25, 0.3) is 0 Å². The van der Waals surface area contributed by atoms with E-state index in [1.807, 2.05) is 0 Å². The van der Waals surface area contributed by atoms with E-state index in [1.54, 1.807) is 23.5 Å².